The largest absolute Gasteiger partial charge is 0.495 e. The Morgan fingerprint density at radius 3 is 2.74 bits per heavy atom. The van der Waals surface area contributed by atoms with Crippen molar-refractivity contribution in [2.45, 2.75) is 13.0 Å². The molecule has 0 saturated heterocycles. The van der Waals surface area contributed by atoms with Crippen molar-refractivity contribution in [1.82, 2.24) is 5.32 Å². The fourth-order valence-electron chi connectivity index (χ4n) is 2.03. The molecule has 6 heteroatoms. The summed E-state index contributed by atoms with van der Waals surface area (Å²) in [6.45, 7) is 0.832. The summed E-state index contributed by atoms with van der Waals surface area (Å²) in [7, 11) is 1.53. The highest BCUT2D eigenvalue weighted by atomic mass is 35.5. The van der Waals surface area contributed by atoms with Gasteiger partial charge in [-0.05, 0) is 24.3 Å². The number of methoxy groups -OCH3 is 1. The molecular formula is C17H18ClFN2O2. The van der Waals surface area contributed by atoms with Crippen LogP contribution < -0.4 is 15.4 Å². The third-order valence-corrected chi connectivity index (χ3v) is 3.53. The minimum Gasteiger partial charge on any atom is -0.495 e. The Labute approximate surface area is 139 Å². The van der Waals surface area contributed by atoms with Crippen LogP contribution in [0.25, 0.3) is 0 Å². The molecule has 2 aromatic rings. The molecule has 0 atom stereocenters. The molecule has 1 amide bonds. The van der Waals surface area contributed by atoms with Crippen LogP contribution in [0.2, 0.25) is 5.02 Å². The monoisotopic (exact) mass is 336 g/mol. The van der Waals surface area contributed by atoms with Gasteiger partial charge in [-0.15, -0.1) is 0 Å². The first-order valence-corrected chi connectivity index (χ1v) is 7.55. The van der Waals surface area contributed by atoms with Crippen molar-refractivity contribution in [3.8, 4) is 5.75 Å². The summed E-state index contributed by atoms with van der Waals surface area (Å²) in [4.78, 5) is 11.9. The average molecular weight is 337 g/mol. The van der Waals surface area contributed by atoms with Crippen molar-refractivity contribution in [2.24, 2.45) is 0 Å². The van der Waals surface area contributed by atoms with E-state index in [4.69, 9.17) is 16.3 Å². The summed E-state index contributed by atoms with van der Waals surface area (Å²) in [6, 6.07) is 11.6. The Morgan fingerprint density at radius 2 is 2.04 bits per heavy atom. The van der Waals surface area contributed by atoms with Gasteiger partial charge in [-0.25, -0.2) is 4.39 Å². The van der Waals surface area contributed by atoms with Gasteiger partial charge in [0.05, 0.1) is 12.1 Å². The number of rotatable bonds is 7. The molecule has 4 nitrogen and oxygen atoms in total. The summed E-state index contributed by atoms with van der Waals surface area (Å²) in [6.07, 6.45) is 0.276. The van der Waals surface area contributed by atoms with Crippen LogP contribution in [0.4, 0.5) is 10.1 Å². The van der Waals surface area contributed by atoms with Gasteiger partial charge < -0.3 is 15.4 Å². The minimum absolute atomic E-state index is 0.146. The molecule has 0 spiro atoms. The van der Waals surface area contributed by atoms with Crippen molar-refractivity contribution < 1.29 is 13.9 Å². The summed E-state index contributed by atoms with van der Waals surface area (Å²) >= 11 is 6.00. The maximum Gasteiger partial charge on any atom is 0.225 e. The molecule has 0 aromatic heterocycles. The molecule has 0 radical (unpaired) electrons. The zero-order valence-electron chi connectivity index (χ0n) is 12.7. The topological polar surface area (TPSA) is 50.4 Å². The molecular weight excluding hydrogens is 319 g/mol. The van der Waals surface area contributed by atoms with E-state index in [9.17, 15) is 9.18 Å². The molecule has 2 N–H and O–H groups in total. The van der Waals surface area contributed by atoms with Gasteiger partial charge in [0.25, 0.3) is 0 Å². The zero-order chi connectivity index (χ0) is 16.7. The quantitative estimate of drug-likeness (QED) is 0.759. The Morgan fingerprint density at radius 1 is 1.26 bits per heavy atom. The van der Waals surface area contributed by atoms with Gasteiger partial charge in [-0.2, -0.15) is 0 Å². The lowest BCUT2D eigenvalue weighted by molar-refractivity contribution is -0.116. The van der Waals surface area contributed by atoms with E-state index in [2.05, 4.69) is 10.6 Å². The van der Waals surface area contributed by atoms with Gasteiger partial charge >= 0.3 is 0 Å². The number of benzene rings is 2. The number of amides is 1. The molecule has 0 bridgehead atoms. The van der Waals surface area contributed by atoms with Crippen LogP contribution in [0, 0.1) is 5.82 Å². The van der Waals surface area contributed by atoms with E-state index >= 15 is 0 Å². The highest BCUT2D eigenvalue weighted by Crippen LogP contribution is 2.27. The average Bonchev–Trinajstić information content (AvgIpc) is 2.53. The number of ether oxygens (including phenoxy) is 1. The number of hydrogen-bond acceptors (Lipinski definition) is 3. The van der Waals surface area contributed by atoms with E-state index in [1.165, 1.54) is 13.2 Å². The first kappa shape index (κ1) is 17.2. The summed E-state index contributed by atoms with van der Waals surface area (Å²) in [5.74, 6) is 0.154. The Hall–Kier alpha value is -2.11. The normalized spacial score (nSPS) is 10.4. The van der Waals surface area contributed by atoms with Crippen LogP contribution in [0.3, 0.4) is 0 Å². The fraction of sp³-hybridized carbons (Fsp3) is 0.235. The Balaban J connectivity index is 1.75. The number of carbonyl (C=O) groups excluding carboxylic acids is 1. The maximum absolute atomic E-state index is 13.4. The number of anilines is 1. The molecule has 0 fully saturated rings. The number of nitrogens with one attached hydrogen (secondary N) is 2. The first-order chi connectivity index (χ1) is 11.1. The van der Waals surface area contributed by atoms with Crippen molar-refractivity contribution in [3.05, 3.63) is 58.9 Å². The molecule has 0 aliphatic heterocycles. The van der Waals surface area contributed by atoms with Gasteiger partial charge in [0.1, 0.15) is 11.6 Å². The van der Waals surface area contributed by atoms with Gasteiger partial charge in [0.2, 0.25) is 5.91 Å². The third kappa shape index (κ3) is 5.23. The highest BCUT2D eigenvalue weighted by Gasteiger charge is 2.06. The predicted octanol–water partition coefficient (Wildman–Crippen LogP) is 3.61. The van der Waals surface area contributed by atoms with Crippen LogP contribution in [-0.4, -0.2) is 19.6 Å². The lowest BCUT2D eigenvalue weighted by atomic mass is 10.2. The second kappa shape index (κ2) is 8.50. The van der Waals surface area contributed by atoms with Gasteiger partial charge in [0.15, 0.2) is 0 Å². The van der Waals surface area contributed by atoms with E-state index in [-0.39, 0.29) is 18.1 Å². The smallest absolute Gasteiger partial charge is 0.225 e. The zero-order valence-corrected chi connectivity index (χ0v) is 13.5. The Bertz CT molecular complexity index is 679. The predicted molar refractivity (Wildman–Crippen MR) is 89.4 cm³/mol. The van der Waals surface area contributed by atoms with E-state index in [0.717, 1.165) is 0 Å². The summed E-state index contributed by atoms with van der Waals surface area (Å²) in [5.41, 5.74) is 1.18. The van der Waals surface area contributed by atoms with Crippen LogP contribution in [0.15, 0.2) is 42.5 Å². The first-order valence-electron chi connectivity index (χ1n) is 7.17. The number of hydrogen-bond donors (Lipinski definition) is 2. The highest BCUT2D eigenvalue weighted by molar-refractivity contribution is 6.32. The molecule has 0 unspecified atom stereocenters. The van der Waals surface area contributed by atoms with Gasteiger partial charge in [0, 0.05) is 30.8 Å². The second-order valence-electron chi connectivity index (χ2n) is 4.92. The van der Waals surface area contributed by atoms with Crippen molar-refractivity contribution in [2.75, 3.05) is 19.0 Å². The van der Waals surface area contributed by atoms with Crippen LogP contribution >= 0.6 is 11.6 Å². The third-order valence-electron chi connectivity index (χ3n) is 3.24. The molecule has 2 aromatic carbocycles. The van der Waals surface area contributed by atoms with E-state index in [1.54, 1.807) is 36.4 Å². The molecule has 0 aliphatic carbocycles. The number of halogens is 2. The summed E-state index contributed by atoms with van der Waals surface area (Å²) < 4.78 is 18.5. The Kier molecular flexibility index (Phi) is 6.38. The lowest BCUT2D eigenvalue weighted by Gasteiger charge is -2.09. The molecule has 23 heavy (non-hydrogen) atoms. The lowest BCUT2D eigenvalue weighted by Crippen LogP contribution is -2.21. The molecule has 0 heterocycles. The molecule has 0 saturated carbocycles. The van der Waals surface area contributed by atoms with E-state index in [0.29, 0.717) is 35.1 Å². The van der Waals surface area contributed by atoms with Crippen LogP contribution in [0.1, 0.15) is 12.0 Å². The standard InChI is InChI=1S/C17H18ClFN2O2/c1-23-16-7-6-13(10-14(16)18)21-17(22)8-9-20-11-12-4-2-3-5-15(12)19/h2-7,10,20H,8-9,11H2,1H3,(H,21,22). The second-order valence-corrected chi connectivity index (χ2v) is 5.32. The van der Waals surface area contributed by atoms with Gasteiger partial charge in [-0.3, -0.25) is 4.79 Å². The van der Waals surface area contributed by atoms with E-state index in [1.807, 2.05) is 0 Å². The number of carbonyl (C=O) groups is 1. The van der Waals surface area contributed by atoms with Crippen molar-refractivity contribution >= 4 is 23.2 Å². The van der Waals surface area contributed by atoms with Crippen molar-refractivity contribution in [3.63, 3.8) is 0 Å². The maximum atomic E-state index is 13.4. The molecule has 0 aliphatic rings. The minimum atomic E-state index is -0.252. The molecule has 2 rings (SSSR count). The molecule has 122 valence electrons. The summed E-state index contributed by atoms with van der Waals surface area (Å²) in [5, 5.41) is 6.23. The van der Waals surface area contributed by atoms with Gasteiger partial charge in [-0.1, -0.05) is 29.8 Å². The van der Waals surface area contributed by atoms with Crippen LogP contribution in [-0.2, 0) is 11.3 Å². The van der Waals surface area contributed by atoms with E-state index < -0.39 is 0 Å². The van der Waals surface area contributed by atoms with Crippen LogP contribution in [0.5, 0.6) is 5.75 Å². The SMILES string of the molecule is COc1ccc(NC(=O)CCNCc2ccccc2F)cc1Cl. The fourth-order valence-corrected chi connectivity index (χ4v) is 2.29. The van der Waals surface area contributed by atoms with Crippen molar-refractivity contribution in [1.29, 1.82) is 0 Å².